The minimum atomic E-state index is -3.00. The van der Waals surface area contributed by atoms with E-state index in [1.54, 1.807) is 4.68 Å². The molecule has 0 aliphatic carbocycles. The third-order valence-corrected chi connectivity index (χ3v) is 6.03. The summed E-state index contributed by atoms with van der Waals surface area (Å²) in [4.78, 5) is 4.26. The Hall–Kier alpha value is -3.49. The molecular weight excluding hydrogens is 448 g/mol. The van der Waals surface area contributed by atoms with E-state index in [9.17, 15) is 8.78 Å². The molecule has 0 radical (unpaired) electrons. The highest BCUT2D eigenvalue weighted by atomic mass is 19.3. The van der Waals surface area contributed by atoms with Crippen molar-refractivity contribution in [3.8, 4) is 11.4 Å². The Labute approximate surface area is 204 Å². The summed E-state index contributed by atoms with van der Waals surface area (Å²) in [5.74, 6) is -2.17. The standard InChI is InChI=1S/C26H31F2N7/c1-3-5-11-23-29-25(26(27,28)16-6-4-2)32-35(23)18-20-14-12-19(13-15-20)17-21-9-7-8-10-22(21)24-30-33-34-31-24/h7-10,12-15H,3-6,11,16-18H2,1-2H3,(H,30,31,33,34). The van der Waals surface area contributed by atoms with Gasteiger partial charge in [-0.15, -0.1) is 15.3 Å². The quantitative estimate of drug-likeness (QED) is 0.281. The highest BCUT2D eigenvalue weighted by Crippen LogP contribution is 2.31. The summed E-state index contributed by atoms with van der Waals surface area (Å²) in [7, 11) is 0. The average Bonchev–Trinajstić information content (AvgIpc) is 3.54. The summed E-state index contributed by atoms with van der Waals surface area (Å²) in [6, 6.07) is 16.1. The molecule has 0 aliphatic rings. The number of aromatic amines is 1. The Morgan fingerprint density at radius 2 is 1.69 bits per heavy atom. The third-order valence-electron chi connectivity index (χ3n) is 6.03. The molecular formula is C26H31F2N7. The maximum Gasteiger partial charge on any atom is 0.308 e. The summed E-state index contributed by atoms with van der Waals surface area (Å²) in [6.45, 7) is 4.39. The van der Waals surface area contributed by atoms with E-state index in [2.05, 4.69) is 55.8 Å². The summed E-state index contributed by atoms with van der Waals surface area (Å²) in [6.07, 6.45) is 4.14. The van der Waals surface area contributed by atoms with Crippen molar-refractivity contribution in [1.29, 1.82) is 0 Å². The van der Waals surface area contributed by atoms with Crippen LogP contribution in [-0.2, 0) is 25.3 Å². The third kappa shape index (κ3) is 6.15. The van der Waals surface area contributed by atoms with Crippen molar-refractivity contribution in [1.82, 2.24) is 35.4 Å². The number of nitrogens with one attached hydrogen (secondary N) is 1. The Morgan fingerprint density at radius 1 is 0.943 bits per heavy atom. The maximum absolute atomic E-state index is 14.6. The van der Waals surface area contributed by atoms with Crippen molar-refractivity contribution >= 4 is 0 Å². The number of hydrogen-bond donors (Lipinski definition) is 1. The van der Waals surface area contributed by atoms with E-state index >= 15 is 0 Å². The fourth-order valence-corrected chi connectivity index (χ4v) is 4.01. The van der Waals surface area contributed by atoms with E-state index in [-0.39, 0.29) is 12.2 Å². The van der Waals surface area contributed by atoms with Gasteiger partial charge in [-0.2, -0.15) is 14.0 Å². The molecule has 4 rings (SSSR count). The average molecular weight is 480 g/mol. The molecule has 0 fully saturated rings. The number of alkyl halides is 2. The molecule has 0 spiro atoms. The molecule has 0 atom stereocenters. The molecule has 0 bridgehead atoms. The van der Waals surface area contributed by atoms with Gasteiger partial charge < -0.3 is 0 Å². The van der Waals surface area contributed by atoms with Gasteiger partial charge in [-0.1, -0.05) is 75.2 Å². The first-order chi connectivity index (χ1) is 17.0. The number of rotatable bonds is 12. The van der Waals surface area contributed by atoms with Gasteiger partial charge in [0.15, 0.2) is 0 Å². The SMILES string of the molecule is CCCCc1nc(C(F)(F)CCCC)nn1Cc1ccc(Cc2ccccc2-c2nn[nH]n2)cc1. The molecule has 0 unspecified atom stereocenters. The first kappa shape index (κ1) is 24.6. The van der Waals surface area contributed by atoms with Crippen LogP contribution in [0.3, 0.4) is 0 Å². The Balaban J connectivity index is 1.51. The van der Waals surface area contributed by atoms with Crippen molar-refractivity contribution in [2.75, 3.05) is 0 Å². The molecule has 0 saturated heterocycles. The molecule has 1 N–H and O–H groups in total. The molecule has 2 heterocycles. The monoisotopic (exact) mass is 479 g/mol. The van der Waals surface area contributed by atoms with E-state index in [1.165, 1.54) is 0 Å². The smallest absolute Gasteiger partial charge is 0.245 e. The number of benzene rings is 2. The van der Waals surface area contributed by atoms with Crippen molar-refractivity contribution in [3.05, 3.63) is 76.9 Å². The van der Waals surface area contributed by atoms with Gasteiger partial charge >= 0.3 is 5.92 Å². The van der Waals surface area contributed by atoms with Gasteiger partial charge in [-0.3, -0.25) is 0 Å². The van der Waals surface area contributed by atoms with Crippen LogP contribution in [0.5, 0.6) is 0 Å². The zero-order valence-corrected chi connectivity index (χ0v) is 20.2. The Kier molecular flexibility index (Phi) is 7.94. The molecule has 0 saturated carbocycles. The molecule has 184 valence electrons. The number of aryl methyl sites for hydroxylation is 1. The van der Waals surface area contributed by atoms with Crippen molar-refractivity contribution < 1.29 is 8.78 Å². The highest BCUT2D eigenvalue weighted by Gasteiger charge is 2.36. The lowest BCUT2D eigenvalue weighted by Gasteiger charge is -2.11. The molecule has 9 heteroatoms. The lowest BCUT2D eigenvalue weighted by molar-refractivity contribution is -0.0245. The van der Waals surface area contributed by atoms with Crippen LogP contribution in [-0.4, -0.2) is 35.4 Å². The van der Waals surface area contributed by atoms with E-state index in [0.29, 0.717) is 43.9 Å². The molecule has 4 aromatic rings. The van der Waals surface area contributed by atoms with E-state index in [1.807, 2.05) is 37.3 Å². The normalized spacial score (nSPS) is 11.8. The predicted molar refractivity (Wildman–Crippen MR) is 130 cm³/mol. The lowest BCUT2D eigenvalue weighted by Crippen LogP contribution is -2.16. The molecule has 2 aromatic heterocycles. The zero-order chi connectivity index (χ0) is 24.7. The second kappa shape index (κ2) is 11.3. The van der Waals surface area contributed by atoms with Crippen molar-refractivity contribution in [2.24, 2.45) is 0 Å². The number of tetrazole rings is 1. The van der Waals surface area contributed by atoms with Gasteiger partial charge in [0.05, 0.1) is 6.54 Å². The van der Waals surface area contributed by atoms with Crippen LogP contribution >= 0.6 is 0 Å². The molecule has 7 nitrogen and oxygen atoms in total. The number of halogens is 2. The first-order valence-electron chi connectivity index (χ1n) is 12.2. The topological polar surface area (TPSA) is 85.2 Å². The minimum Gasteiger partial charge on any atom is -0.245 e. The second-order valence-electron chi connectivity index (χ2n) is 8.81. The fourth-order valence-electron chi connectivity index (χ4n) is 4.01. The van der Waals surface area contributed by atoms with E-state index in [0.717, 1.165) is 35.1 Å². The molecule has 2 aromatic carbocycles. The lowest BCUT2D eigenvalue weighted by atomic mass is 9.98. The van der Waals surface area contributed by atoms with Gasteiger partial charge in [-0.25, -0.2) is 9.67 Å². The van der Waals surface area contributed by atoms with E-state index in [4.69, 9.17) is 0 Å². The van der Waals surface area contributed by atoms with Gasteiger partial charge in [0.2, 0.25) is 11.6 Å². The minimum absolute atomic E-state index is 0.221. The Bertz CT molecular complexity index is 1200. The van der Waals surface area contributed by atoms with Crippen LogP contribution in [0.25, 0.3) is 11.4 Å². The predicted octanol–water partition coefficient (Wildman–Crippen LogP) is 5.72. The number of hydrogen-bond acceptors (Lipinski definition) is 5. The molecule has 0 aliphatic heterocycles. The van der Waals surface area contributed by atoms with Gasteiger partial charge in [0.1, 0.15) is 5.82 Å². The van der Waals surface area contributed by atoms with Crippen LogP contribution in [0.4, 0.5) is 8.78 Å². The number of nitrogens with zero attached hydrogens (tertiary/aromatic N) is 6. The molecule has 0 amide bonds. The number of aromatic nitrogens is 7. The summed E-state index contributed by atoms with van der Waals surface area (Å²) < 4.78 is 30.9. The molecule has 35 heavy (non-hydrogen) atoms. The van der Waals surface area contributed by atoms with Gasteiger partial charge in [0.25, 0.3) is 0 Å². The number of unbranched alkanes of at least 4 members (excludes halogenated alkanes) is 2. The van der Waals surface area contributed by atoms with Crippen LogP contribution in [0.15, 0.2) is 48.5 Å². The van der Waals surface area contributed by atoms with Crippen LogP contribution in [0.2, 0.25) is 0 Å². The second-order valence-corrected chi connectivity index (χ2v) is 8.81. The van der Waals surface area contributed by atoms with Crippen LogP contribution < -0.4 is 0 Å². The largest absolute Gasteiger partial charge is 0.308 e. The maximum atomic E-state index is 14.6. The highest BCUT2D eigenvalue weighted by molar-refractivity contribution is 5.60. The fraction of sp³-hybridized carbons (Fsp3) is 0.423. The zero-order valence-electron chi connectivity index (χ0n) is 20.2. The van der Waals surface area contributed by atoms with E-state index < -0.39 is 5.92 Å². The van der Waals surface area contributed by atoms with Crippen molar-refractivity contribution in [3.63, 3.8) is 0 Å². The van der Waals surface area contributed by atoms with Crippen molar-refractivity contribution in [2.45, 2.75) is 71.3 Å². The van der Waals surface area contributed by atoms with Crippen LogP contribution in [0, 0.1) is 0 Å². The number of H-pyrrole nitrogens is 1. The van der Waals surface area contributed by atoms with Gasteiger partial charge in [0, 0.05) is 18.4 Å². The first-order valence-corrected chi connectivity index (χ1v) is 12.2. The van der Waals surface area contributed by atoms with Gasteiger partial charge in [-0.05, 0) is 41.2 Å². The summed E-state index contributed by atoms with van der Waals surface area (Å²) in [5.41, 5.74) is 4.15. The summed E-state index contributed by atoms with van der Waals surface area (Å²) in [5, 5.41) is 18.6. The Morgan fingerprint density at radius 3 is 2.40 bits per heavy atom. The van der Waals surface area contributed by atoms with Crippen LogP contribution in [0.1, 0.15) is 74.3 Å². The summed E-state index contributed by atoms with van der Waals surface area (Å²) >= 11 is 0.